The number of carbonyl (C=O) groups is 1. The van der Waals surface area contributed by atoms with E-state index in [1.54, 1.807) is 0 Å². The van der Waals surface area contributed by atoms with Crippen molar-refractivity contribution in [1.82, 2.24) is 5.32 Å². The predicted octanol–water partition coefficient (Wildman–Crippen LogP) is 2.20. The van der Waals surface area contributed by atoms with Crippen LogP contribution in [0.25, 0.3) is 0 Å². The molecule has 4 N–H and O–H groups in total. The maximum atomic E-state index is 13.2. The van der Waals surface area contributed by atoms with Gasteiger partial charge in [-0.05, 0) is 53.7 Å². The van der Waals surface area contributed by atoms with E-state index in [4.69, 9.17) is 5.73 Å². The molecule has 1 fully saturated rings. The number of amides is 1. The van der Waals surface area contributed by atoms with E-state index in [-0.39, 0.29) is 23.7 Å². The van der Waals surface area contributed by atoms with Gasteiger partial charge in [-0.15, -0.1) is 0 Å². The first kappa shape index (κ1) is 14.3. The highest BCUT2D eigenvalue weighted by Gasteiger charge is 2.22. The third kappa shape index (κ3) is 3.45. The summed E-state index contributed by atoms with van der Waals surface area (Å²) in [5.74, 6) is -0.829. The van der Waals surface area contributed by atoms with Crippen molar-refractivity contribution < 1.29 is 14.3 Å². The molecule has 0 radical (unpaired) electrons. The van der Waals surface area contributed by atoms with Crippen LogP contribution in [-0.2, 0) is 0 Å². The molecule has 0 unspecified atom stereocenters. The molecule has 0 heterocycles. The van der Waals surface area contributed by atoms with Crippen LogP contribution in [0.1, 0.15) is 36.0 Å². The first-order chi connectivity index (χ1) is 8.97. The van der Waals surface area contributed by atoms with Crippen molar-refractivity contribution in [3.8, 4) is 0 Å². The van der Waals surface area contributed by atoms with Gasteiger partial charge >= 0.3 is 0 Å². The van der Waals surface area contributed by atoms with Gasteiger partial charge in [-0.1, -0.05) is 0 Å². The molecule has 1 aromatic carbocycles. The summed E-state index contributed by atoms with van der Waals surface area (Å²) < 4.78 is 13.6. The summed E-state index contributed by atoms with van der Waals surface area (Å²) >= 11 is 3.16. The van der Waals surface area contributed by atoms with Gasteiger partial charge in [0.1, 0.15) is 5.82 Å². The zero-order valence-corrected chi connectivity index (χ0v) is 11.9. The normalized spacial score (nSPS) is 23.1. The molecule has 1 aromatic rings. The van der Waals surface area contributed by atoms with Crippen molar-refractivity contribution in [2.24, 2.45) is 0 Å². The molecule has 0 spiro atoms. The van der Waals surface area contributed by atoms with Gasteiger partial charge in [-0.2, -0.15) is 0 Å². The number of aliphatic hydroxyl groups is 1. The van der Waals surface area contributed by atoms with Crippen LogP contribution in [-0.4, -0.2) is 23.2 Å². The maximum absolute atomic E-state index is 13.2. The van der Waals surface area contributed by atoms with E-state index in [0.29, 0.717) is 22.9 Å². The minimum absolute atomic E-state index is 0.0487. The van der Waals surface area contributed by atoms with Crippen molar-refractivity contribution >= 4 is 27.5 Å². The first-order valence-electron chi connectivity index (χ1n) is 6.21. The summed E-state index contributed by atoms with van der Waals surface area (Å²) in [5, 5.41) is 12.3. The maximum Gasteiger partial charge on any atom is 0.252 e. The van der Waals surface area contributed by atoms with E-state index >= 15 is 0 Å². The Kier molecular flexibility index (Phi) is 4.42. The number of hydrogen-bond acceptors (Lipinski definition) is 3. The van der Waals surface area contributed by atoms with Gasteiger partial charge in [0.15, 0.2) is 0 Å². The van der Waals surface area contributed by atoms with E-state index in [2.05, 4.69) is 21.2 Å². The number of nitrogen functional groups attached to an aromatic ring is 1. The van der Waals surface area contributed by atoms with Gasteiger partial charge in [-0.3, -0.25) is 4.79 Å². The Labute approximate surface area is 119 Å². The zero-order chi connectivity index (χ0) is 14.0. The van der Waals surface area contributed by atoms with Gasteiger partial charge in [0.2, 0.25) is 0 Å². The van der Waals surface area contributed by atoms with Gasteiger partial charge < -0.3 is 16.2 Å². The van der Waals surface area contributed by atoms with Crippen molar-refractivity contribution in [3.05, 3.63) is 28.0 Å². The molecule has 1 amide bonds. The molecular formula is C13H16BrFN2O2. The lowest BCUT2D eigenvalue weighted by molar-refractivity contribution is 0.0867. The van der Waals surface area contributed by atoms with Crippen molar-refractivity contribution in [2.75, 3.05) is 5.73 Å². The van der Waals surface area contributed by atoms with Crippen molar-refractivity contribution in [1.29, 1.82) is 0 Å². The number of carbonyl (C=O) groups excluding carboxylic acids is 1. The summed E-state index contributed by atoms with van der Waals surface area (Å²) in [5.41, 5.74) is 5.75. The first-order valence-corrected chi connectivity index (χ1v) is 7.00. The van der Waals surface area contributed by atoms with Gasteiger partial charge in [0, 0.05) is 10.5 Å². The Morgan fingerprint density at radius 3 is 2.63 bits per heavy atom. The quantitative estimate of drug-likeness (QED) is 0.728. The molecule has 104 valence electrons. The standard InChI is InChI=1S/C13H16BrFN2O2/c14-10-6-11(15)12(16)5-9(10)13(19)17-7-1-3-8(18)4-2-7/h5-8,18H,1-4,16H2,(H,17,19). The molecule has 0 saturated heterocycles. The molecule has 2 rings (SSSR count). The fraction of sp³-hybridized carbons (Fsp3) is 0.462. The zero-order valence-electron chi connectivity index (χ0n) is 10.3. The highest BCUT2D eigenvalue weighted by atomic mass is 79.9. The van der Waals surface area contributed by atoms with E-state index in [0.717, 1.165) is 12.8 Å². The highest BCUT2D eigenvalue weighted by molar-refractivity contribution is 9.10. The smallest absolute Gasteiger partial charge is 0.252 e. The minimum atomic E-state index is -0.552. The number of anilines is 1. The van der Waals surface area contributed by atoms with Crippen molar-refractivity contribution in [3.63, 3.8) is 0 Å². The minimum Gasteiger partial charge on any atom is -0.396 e. The van der Waals surface area contributed by atoms with Crippen LogP contribution >= 0.6 is 15.9 Å². The molecule has 6 heteroatoms. The molecule has 1 aliphatic carbocycles. The van der Waals surface area contributed by atoms with Gasteiger partial charge in [0.25, 0.3) is 5.91 Å². The Hall–Kier alpha value is -1.14. The van der Waals surface area contributed by atoms with Crippen LogP contribution in [0.5, 0.6) is 0 Å². The number of rotatable bonds is 2. The third-order valence-corrected chi connectivity index (χ3v) is 4.02. The molecule has 1 saturated carbocycles. The molecule has 0 bridgehead atoms. The second kappa shape index (κ2) is 5.88. The topological polar surface area (TPSA) is 75.4 Å². The molecule has 0 atom stereocenters. The predicted molar refractivity (Wildman–Crippen MR) is 74.2 cm³/mol. The van der Waals surface area contributed by atoms with E-state index < -0.39 is 5.82 Å². The largest absolute Gasteiger partial charge is 0.396 e. The molecule has 4 nitrogen and oxygen atoms in total. The van der Waals surface area contributed by atoms with E-state index in [9.17, 15) is 14.3 Å². The third-order valence-electron chi connectivity index (χ3n) is 3.36. The molecule has 0 aromatic heterocycles. The fourth-order valence-electron chi connectivity index (χ4n) is 2.22. The molecular weight excluding hydrogens is 315 g/mol. The number of benzene rings is 1. The second-order valence-corrected chi connectivity index (χ2v) is 5.69. The Morgan fingerprint density at radius 1 is 1.37 bits per heavy atom. The average Bonchev–Trinajstić information content (AvgIpc) is 2.36. The Bertz CT molecular complexity index is 488. The fourth-order valence-corrected chi connectivity index (χ4v) is 2.72. The number of halogens is 2. The van der Waals surface area contributed by atoms with Crippen LogP contribution in [0, 0.1) is 5.82 Å². The lowest BCUT2D eigenvalue weighted by Gasteiger charge is -2.26. The number of nitrogens with two attached hydrogens (primary N) is 1. The monoisotopic (exact) mass is 330 g/mol. The Morgan fingerprint density at radius 2 is 2.00 bits per heavy atom. The number of aliphatic hydroxyl groups excluding tert-OH is 1. The Balaban J connectivity index is 2.06. The number of hydrogen-bond donors (Lipinski definition) is 3. The highest BCUT2D eigenvalue weighted by Crippen LogP contribution is 2.24. The van der Waals surface area contributed by atoms with Crippen LogP contribution in [0.2, 0.25) is 0 Å². The molecule has 19 heavy (non-hydrogen) atoms. The summed E-state index contributed by atoms with van der Waals surface area (Å²) in [7, 11) is 0. The van der Waals surface area contributed by atoms with Crippen LogP contribution in [0.4, 0.5) is 10.1 Å². The van der Waals surface area contributed by atoms with Gasteiger partial charge in [-0.25, -0.2) is 4.39 Å². The lowest BCUT2D eigenvalue weighted by Crippen LogP contribution is -2.38. The average molecular weight is 331 g/mol. The lowest BCUT2D eigenvalue weighted by atomic mass is 9.93. The SMILES string of the molecule is Nc1cc(C(=O)NC2CCC(O)CC2)c(Br)cc1F. The van der Waals surface area contributed by atoms with Crippen molar-refractivity contribution in [2.45, 2.75) is 37.8 Å². The second-order valence-electron chi connectivity index (χ2n) is 4.83. The van der Waals surface area contributed by atoms with Gasteiger partial charge in [0.05, 0.1) is 17.4 Å². The van der Waals surface area contributed by atoms with Crippen LogP contribution < -0.4 is 11.1 Å². The molecule has 0 aliphatic heterocycles. The molecule has 1 aliphatic rings. The summed E-state index contributed by atoms with van der Waals surface area (Å²) in [6.45, 7) is 0. The van der Waals surface area contributed by atoms with Crippen LogP contribution in [0.15, 0.2) is 16.6 Å². The van der Waals surface area contributed by atoms with E-state index in [1.807, 2.05) is 0 Å². The van der Waals surface area contributed by atoms with E-state index in [1.165, 1.54) is 12.1 Å². The summed E-state index contributed by atoms with van der Waals surface area (Å²) in [6, 6.07) is 2.57. The summed E-state index contributed by atoms with van der Waals surface area (Å²) in [4.78, 5) is 12.1. The summed E-state index contributed by atoms with van der Waals surface area (Å²) in [6.07, 6.45) is 2.62. The number of nitrogens with one attached hydrogen (secondary N) is 1. The van der Waals surface area contributed by atoms with Crippen LogP contribution in [0.3, 0.4) is 0 Å².